The quantitative estimate of drug-likeness (QED) is 0.635. The zero-order valence-corrected chi connectivity index (χ0v) is 9.00. The minimum Gasteiger partial charge on any atom is -0.350 e. The molecule has 0 aromatic heterocycles. The average molecular weight is 187 g/mol. The van der Waals surface area contributed by atoms with Crippen molar-refractivity contribution in [2.24, 2.45) is 17.6 Å². The molecule has 0 spiro atoms. The van der Waals surface area contributed by atoms with E-state index in [4.69, 9.17) is 5.73 Å². The van der Waals surface area contributed by atoms with Crippen molar-refractivity contribution in [2.75, 3.05) is 13.1 Å². The van der Waals surface area contributed by atoms with E-state index in [0.717, 1.165) is 6.54 Å². The number of hydrazine groups is 1. The first-order valence-electron chi connectivity index (χ1n) is 4.74. The lowest BCUT2D eigenvalue weighted by Gasteiger charge is -2.24. The predicted octanol–water partition coefficient (Wildman–Crippen LogP) is 1.18. The van der Waals surface area contributed by atoms with Crippen molar-refractivity contribution in [3.05, 3.63) is 0 Å². The van der Waals surface area contributed by atoms with Crippen molar-refractivity contribution in [3.63, 3.8) is 0 Å². The Hall–Kier alpha value is -0.770. The topological polar surface area (TPSA) is 58.4 Å². The van der Waals surface area contributed by atoms with Crippen LogP contribution in [0.1, 0.15) is 27.7 Å². The molecule has 0 aromatic carbocycles. The first-order valence-corrected chi connectivity index (χ1v) is 4.74. The van der Waals surface area contributed by atoms with Gasteiger partial charge in [0.2, 0.25) is 0 Å². The van der Waals surface area contributed by atoms with Crippen LogP contribution in [0.15, 0.2) is 0 Å². The number of nitrogens with zero attached hydrogens (tertiary/aromatic N) is 1. The fraction of sp³-hybridized carbons (Fsp3) is 0.889. The molecule has 4 heteroatoms. The highest BCUT2D eigenvalue weighted by Crippen LogP contribution is 1.96. The third-order valence-electron chi connectivity index (χ3n) is 1.50. The number of nitrogens with one attached hydrogen (secondary N) is 1. The second kappa shape index (κ2) is 5.80. The number of rotatable bonds is 5. The van der Waals surface area contributed by atoms with Gasteiger partial charge in [-0.3, -0.25) is 5.01 Å². The number of carbonyl (C=O) groups is 1. The van der Waals surface area contributed by atoms with E-state index in [0.29, 0.717) is 18.4 Å². The molecule has 78 valence electrons. The summed E-state index contributed by atoms with van der Waals surface area (Å²) in [6, 6.07) is -0.408. The molecule has 4 nitrogen and oxygen atoms in total. The minimum atomic E-state index is -0.408. The molecule has 0 fully saturated rings. The number of nitrogens with two attached hydrogens (primary N) is 1. The molecular weight excluding hydrogens is 166 g/mol. The predicted molar refractivity (Wildman–Crippen MR) is 54.0 cm³/mol. The van der Waals surface area contributed by atoms with Crippen molar-refractivity contribution < 1.29 is 4.79 Å². The van der Waals surface area contributed by atoms with Gasteiger partial charge in [-0.25, -0.2) is 10.2 Å². The van der Waals surface area contributed by atoms with E-state index < -0.39 is 6.03 Å². The molecule has 0 saturated heterocycles. The Morgan fingerprint density at radius 3 is 2.15 bits per heavy atom. The van der Waals surface area contributed by atoms with Gasteiger partial charge >= 0.3 is 6.03 Å². The summed E-state index contributed by atoms with van der Waals surface area (Å²) in [6.07, 6.45) is 0. The molecule has 0 bridgehead atoms. The van der Waals surface area contributed by atoms with Crippen molar-refractivity contribution in [2.45, 2.75) is 27.7 Å². The summed E-state index contributed by atoms with van der Waals surface area (Å²) in [6.45, 7) is 9.70. The van der Waals surface area contributed by atoms with Crippen LogP contribution in [0.3, 0.4) is 0 Å². The number of hydrogen-bond donors (Lipinski definition) is 2. The van der Waals surface area contributed by atoms with Crippen LogP contribution in [0.2, 0.25) is 0 Å². The molecule has 0 aliphatic rings. The van der Waals surface area contributed by atoms with Crippen LogP contribution < -0.4 is 11.2 Å². The average Bonchev–Trinajstić information content (AvgIpc) is 1.96. The second-order valence-electron chi connectivity index (χ2n) is 4.10. The standard InChI is InChI=1S/C9H21N3O/c1-7(2)5-11-12(9(10)13)6-8(3)4/h7-8,11H,5-6H2,1-4H3,(H2,10,13). The van der Waals surface area contributed by atoms with Crippen molar-refractivity contribution in [1.82, 2.24) is 10.4 Å². The summed E-state index contributed by atoms with van der Waals surface area (Å²) in [5.41, 5.74) is 8.20. The van der Waals surface area contributed by atoms with Gasteiger partial charge in [-0.15, -0.1) is 0 Å². The number of urea groups is 1. The van der Waals surface area contributed by atoms with Gasteiger partial charge in [0.1, 0.15) is 0 Å². The summed E-state index contributed by atoms with van der Waals surface area (Å²) in [5, 5.41) is 1.48. The molecule has 0 aromatic rings. The zero-order valence-electron chi connectivity index (χ0n) is 9.00. The van der Waals surface area contributed by atoms with E-state index in [2.05, 4.69) is 19.3 Å². The third kappa shape index (κ3) is 6.40. The molecule has 3 N–H and O–H groups in total. The van der Waals surface area contributed by atoms with Gasteiger partial charge in [0, 0.05) is 13.1 Å². The van der Waals surface area contributed by atoms with Gasteiger partial charge in [0.15, 0.2) is 0 Å². The Balaban J connectivity index is 3.88. The number of primary amides is 1. The summed E-state index contributed by atoms with van der Waals surface area (Å²) in [5.74, 6) is 0.932. The lowest BCUT2D eigenvalue weighted by Crippen LogP contribution is -2.48. The van der Waals surface area contributed by atoms with Crippen LogP contribution in [0.4, 0.5) is 4.79 Å². The molecule has 0 saturated carbocycles. The Morgan fingerprint density at radius 1 is 1.31 bits per heavy atom. The van der Waals surface area contributed by atoms with Crippen LogP contribution >= 0.6 is 0 Å². The maximum atomic E-state index is 10.9. The molecule has 0 unspecified atom stereocenters. The highest BCUT2D eigenvalue weighted by Gasteiger charge is 2.10. The Morgan fingerprint density at radius 2 is 1.85 bits per heavy atom. The van der Waals surface area contributed by atoms with Gasteiger partial charge in [0.05, 0.1) is 0 Å². The zero-order chi connectivity index (χ0) is 10.4. The van der Waals surface area contributed by atoms with Gasteiger partial charge < -0.3 is 5.73 Å². The third-order valence-corrected chi connectivity index (χ3v) is 1.50. The summed E-state index contributed by atoms with van der Waals surface area (Å²) >= 11 is 0. The number of carbonyl (C=O) groups excluding carboxylic acids is 1. The van der Waals surface area contributed by atoms with Crippen molar-refractivity contribution in [3.8, 4) is 0 Å². The Labute approximate surface area is 80.4 Å². The molecule has 0 atom stereocenters. The van der Waals surface area contributed by atoms with Gasteiger partial charge in [-0.2, -0.15) is 0 Å². The van der Waals surface area contributed by atoms with E-state index in [1.165, 1.54) is 5.01 Å². The maximum Gasteiger partial charge on any atom is 0.329 e. The number of amides is 2. The molecular formula is C9H21N3O. The largest absolute Gasteiger partial charge is 0.350 e. The number of hydrogen-bond acceptors (Lipinski definition) is 2. The van der Waals surface area contributed by atoms with Crippen LogP contribution in [0, 0.1) is 11.8 Å². The fourth-order valence-corrected chi connectivity index (χ4v) is 0.890. The van der Waals surface area contributed by atoms with E-state index in [1.807, 2.05) is 13.8 Å². The van der Waals surface area contributed by atoms with Crippen molar-refractivity contribution in [1.29, 1.82) is 0 Å². The summed E-state index contributed by atoms with van der Waals surface area (Å²) in [4.78, 5) is 10.9. The molecule has 0 aliphatic carbocycles. The monoisotopic (exact) mass is 187 g/mol. The first kappa shape index (κ1) is 12.2. The normalized spacial score (nSPS) is 10.9. The maximum absolute atomic E-state index is 10.9. The van der Waals surface area contributed by atoms with Crippen molar-refractivity contribution >= 4 is 6.03 Å². The van der Waals surface area contributed by atoms with Gasteiger partial charge in [-0.05, 0) is 11.8 Å². The molecule has 0 rings (SSSR count). The van der Waals surface area contributed by atoms with E-state index in [1.54, 1.807) is 0 Å². The molecule has 0 radical (unpaired) electrons. The summed E-state index contributed by atoms with van der Waals surface area (Å²) in [7, 11) is 0. The first-order chi connectivity index (χ1) is 5.93. The highest BCUT2D eigenvalue weighted by molar-refractivity contribution is 5.71. The van der Waals surface area contributed by atoms with Crippen LogP contribution in [0.25, 0.3) is 0 Å². The van der Waals surface area contributed by atoms with Gasteiger partial charge in [-0.1, -0.05) is 27.7 Å². The fourth-order valence-electron chi connectivity index (χ4n) is 0.890. The Kier molecular flexibility index (Phi) is 5.46. The van der Waals surface area contributed by atoms with Crippen LogP contribution in [0.5, 0.6) is 0 Å². The highest BCUT2D eigenvalue weighted by atomic mass is 16.2. The minimum absolute atomic E-state index is 0.408. The SMILES string of the molecule is CC(C)CNN(CC(C)C)C(N)=O. The van der Waals surface area contributed by atoms with E-state index in [9.17, 15) is 4.79 Å². The Bertz CT molecular complexity index is 157. The lowest BCUT2D eigenvalue weighted by atomic mass is 10.2. The van der Waals surface area contributed by atoms with Crippen LogP contribution in [-0.2, 0) is 0 Å². The van der Waals surface area contributed by atoms with Gasteiger partial charge in [0.25, 0.3) is 0 Å². The van der Waals surface area contributed by atoms with E-state index in [-0.39, 0.29) is 0 Å². The molecule has 0 heterocycles. The van der Waals surface area contributed by atoms with E-state index >= 15 is 0 Å². The second-order valence-corrected chi connectivity index (χ2v) is 4.10. The molecule has 13 heavy (non-hydrogen) atoms. The molecule has 0 aliphatic heterocycles. The van der Waals surface area contributed by atoms with Crippen LogP contribution in [-0.4, -0.2) is 24.1 Å². The smallest absolute Gasteiger partial charge is 0.329 e. The molecule has 2 amide bonds. The summed E-state index contributed by atoms with van der Waals surface area (Å²) < 4.78 is 0. The lowest BCUT2D eigenvalue weighted by molar-refractivity contribution is 0.165.